The minimum Gasteiger partial charge on any atom is -0.467 e. The van der Waals surface area contributed by atoms with Crippen LogP contribution in [0.5, 0.6) is 0 Å². The first-order valence-corrected chi connectivity index (χ1v) is 5.21. The number of rotatable bonds is 3. The van der Waals surface area contributed by atoms with Gasteiger partial charge in [-0.2, -0.15) is 0 Å². The SMILES string of the molecule is CCCC1(C(=O)OC)NCCS1. The van der Waals surface area contributed by atoms with E-state index in [0.29, 0.717) is 0 Å². The van der Waals surface area contributed by atoms with E-state index in [0.717, 1.165) is 25.1 Å². The van der Waals surface area contributed by atoms with Crippen molar-refractivity contribution in [2.75, 3.05) is 19.4 Å². The predicted octanol–water partition coefficient (Wildman–Crippen LogP) is 0.992. The lowest BCUT2D eigenvalue weighted by molar-refractivity contribution is -0.144. The molecule has 4 heteroatoms. The molecule has 1 aliphatic heterocycles. The van der Waals surface area contributed by atoms with Crippen molar-refractivity contribution < 1.29 is 9.53 Å². The molecule has 0 aromatic heterocycles. The van der Waals surface area contributed by atoms with Crippen LogP contribution in [0.15, 0.2) is 0 Å². The molecule has 0 aromatic rings. The molecule has 0 spiro atoms. The van der Waals surface area contributed by atoms with Gasteiger partial charge in [0.15, 0.2) is 4.87 Å². The maximum absolute atomic E-state index is 11.4. The molecule has 0 radical (unpaired) electrons. The molecule has 1 saturated heterocycles. The maximum Gasteiger partial charge on any atom is 0.336 e. The standard InChI is InChI=1S/C8H15NO2S/c1-3-4-8(7(10)11-2)9-5-6-12-8/h9H,3-6H2,1-2H3. The topological polar surface area (TPSA) is 38.3 Å². The second-order valence-corrected chi connectivity index (χ2v) is 4.24. The zero-order valence-corrected chi connectivity index (χ0v) is 8.37. The third kappa shape index (κ3) is 1.75. The smallest absolute Gasteiger partial charge is 0.336 e. The van der Waals surface area contributed by atoms with E-state index in [9.17, 15) is 4.79 Å². The van der Waals surface area contributed by atoms with Crippen molar-refractivity contribution in [1.29, 1.82) is 0 Å². The van der Waals surface area contributed by atoms with Gasteiger partial charge in [-0.25, -0.2) is 4.79 Å². The molecule has 1 unspecified atom stereocenters. The van der Waals surface area contributed by atoms with Gasteiger partial charge in [-0.15, -0.1) is 11.8 Å². The van der Waals surface area contributed by atoms with E-state index in [-0.39, 0.29) is 5.97 Å². The number of carbonyl (C=O) groups excluding carboxylic acids is 1. The Morgan fingerprint density at radius 2 is 2.50 bits per heavy atom. The van der Waals surface area contributed by atoms with Crippen LogP contribution in [0.1, 0.15) is 19.8 Å². The fourth-order valence-corrected chi connectivity index (χ4v) is 2.75. The molecule has 1 fully saturated rings. The number of carbonyl (C=O) groups is 1. The average molecular weight is 189 g/mol. The summed E-state index contributed by atoms with van der Waals surface area (Å²) in [6.07, 6.45) is 1.85. The van der Waals surface area contributed by atoms with Crippen molar-refractivity contribution in [2.24, 2.45) is 0 Å². The Balaban J connectivity index is 2.64. The van der Waals surface area contributed by atoms with E-state index in [1.165, 1.54) is 7.11 Å². The molecule has 0 bridgehead atoms. The molecule has 0 amide bonds. The van der Waals surface area contributed by atoms with E-state index in [2.05, 4.69) is 12.2 Å². The molecular weight excluding hydrogens is 174 g/mol. The van der Waals surface area contributed by atoms with Crippen molar-refractivity contribution in [3.8, 4) is 0 Å². The van der Waals surface area contributed by atoms with E-state index in [4.69, 9.17) is 4.74 Å². The first-order chi connectivity index (χ1) is 5.75. The summed E-state index contributed by atoms with van der Waals surface area (Å²) in [5, 5.41) is 3.21. The second kappa shape index (κ2) is 4.14. The van der Waals surface area contributed by atoms with Gasteiger partial charge in [0.05, 0.1) is 7.11 Å². The van der Waals surface area contributed by atoms with Crippen molar-refractivity contribution in [3.63, 3.8) is 0 Å². The van der Waals surface area contributed by atoms with E-state index < -0.39 is 4.87 Å². The molecule has 3 nitrogen and oxygen atoms in total. The van der Waals surface area contributed by atoms with Crippen LogP contribution >= 0.6 is 11.8 Å². The molecule has 0 saturated carbocycles. The number of nitrogens with one attached hydrogen (secondary N) is 1. The van der Waals surface area contributed by atoms with Gasteiger partial charge in [0.25, 0.3) is 0 Å². The highest BCUT2D eigenvalue weighted by Gasteiger charge is 2.41. The molecule has 1 atom stereocenters. The van der Waals surface area contributed by atoms with Crippen LogP contribution in [0.2, 0.25) is 0 Å². The van der Waals surface area contributed by atoms with Crippen molar-refractivity contribution in [1.82, 2.24) is 5.32 Å². The van der Waals surface area contributed by atoms with Crippen LogP contribution in [0, 0.1) is 0 Å². The Bertz CT molecular complexity index is 166. The Morgan fingerprint density at radius 3 is 2.92 bits per heavy atom. The highest BCUT2D eigenvalue weighted by Crippen LogP contribution is 2.32. The monoisotopic (exact) mass is 189 g/mol. The van der Waals surface area contributed by atoms with E-state index >= 15 is 0 Å². The Kier molecular flexibility index (Phi) is 3.40. The van der Waals surface area contributed by atoms with Crippen molar-refractivity contribution >= 4 is 17.7 Å². The predicted molar refractivity (Wildman–Crippen MR) is 50.1 cm³/mol. The number of hydrogen-bond acceptors (Lipinski definition) is 4. The summed E-state index contributed by atoms with van der Waals surface area (Å²) >= 11 is 1.66. The molecule has 1 N–H and O–H groups in total. The third-order valence-corrected chi connectivity index (χ3v) is 3.39. The maximum atomic E-state index is 11.4. The van der Waals surface area contributed by atoms with Gasteiger partial charge in [-0.1, -0.05) is 13.3 Å². The van der Waals surface area contributed by atoms with Gasteiger partial charge >= 0.3 is 5.97 Å². The average Bonchev–Trinajstić information content (AvgIpc) is 2.53. The van der Waals surface area contributed by atoms with Gasteiger partial charge in [0.1, 0.15) is 0 Å². The van der Waals surface area contributed by atoms with Gasteiger partial charge in [0.2, 0.25) is 0 Å². The van der Waals surface area contributed by atoms with Gasteiger partial charge in [-0.05, 0) is 6.42 Å². The lowest BCUT2D eigenvalue weighted by atomic mass is 10.1. The summed E-state index contributed by atoms with van der Waals surface area (Å²) in [5.41, 5.74) is 0. The van der Waals surface area contributed by atoms with Crippen LogP contribution in [0.3, 0.4) is 0 Å². The van der Waals surface area contributed by atoms with E-state index in [1.54, 1.807) is 11.8 Å². The quantitative estimate of drug-likeness (QED) is 0.672. The number of thioether (sulfide) groups is 1. The van der Waals surface area contributed by atoms with Gasteiger partial charge in [0, 0.05) is 12.3 Å². The molecule has 1 rings (SSSR count). The molecule has 1 heterocycles. The highest BCUT2D eigenvalue weighted by molar-refractivity contribution is 8.01. The molecule has 12 heavy (non-hydrogen) atoms. The third-order valence-electron chi connectivity index (χ3n) is 1.98. The van der Waals surface area contributed by atoms with Crippen LogP contribution in [-0.2, 0) is 9.53 Å². The molecule has 70 valence electrons. The van der Waals surface area contributed by atoms with Crippen molar-refractivity contribution in [3.05, 3.63) is 0 Å². The van der Waals surface area contributed by atoms with Gasteiger partial charge < -0.3 is 4.74 Å². The van der Waals surface area contributed by atoms with E-state index in [1.807, 2.05) is 0 Å². The summed E-state index contributed by atoms with van der Waals surface area (Å²) < 4.78 is 4.77. The summed E-state index contributed by atoms with van der Waals surface area (Å²) in [4.78, 5) is 11.0. The fourth-order valence-electron chi connectivity index (χ4n) is 1.44. The summed E-state index contributed by atoms with van der Waals surface area (Å²) in [5.74, 6) is 0.863. The lowest BCUT2D eigenvalue weighted by Crippen LogP contribution is -2.45. The Hall–Kier alpha value is -0.220. The Labute approximate surface area is 77.2 Å². The number of methoxy groups -OCH3 is 1. The number of hydrogen-bond donors (Lipinski definition) is 1. The summed E-state index contributed by atoms with van der Waals surface area (Å²) in [6, 6.07) is 0. The highest BCUT2D eigenvalue weighted by atomic mass is 32.2. The van der Waals surface area contributed by atoms with Crippen LogP contribution in [0.25, 0.3) is 0 Å². The number of ether oxygens (including phenoxy) is 1. The van der Waals surface area contributed by atoms with Crippen LogP contribution < -0.4 is 5.32 Å². The summed E-state index contributed by atoms with van der Waals surface area (Å²) in [7, 11) is 1.44. The number of esters is 1. The summed E-state index contributed by atoms with van der Waals surface area (Å²) in [6.45, 7) is 2.98. The minimum atomic E-state index is -0.441. The zero-order valence-electron chi connectivity index (χ0n) is 7.55. The minimum absolute atomic E-state index is 0.133. The second-order valence-electron chi connectivity index (χ2n) is 2.84. The van der Waals surface area contributed by atoms with Gasteiger partial charge in [-0.3, -0.25) is 5.32 Å². The molecule has 0 aromatic carbocycles. The molecular formula is C8H15NO2S. The molecule has 0 aliphatic carbocycles. The zero-order chi connectivity index (χ0) is 9.03. The first kappa shape index (κ1) is 9.86. The van der Waals surface area contributed by atoms with Crippen LogP contribution in [-0.4, -0.2) is 30.2 Å². The van der Waals surface area contributed by atoms with Crippen LogP contribution in [0.4, 0.5) is 0 Å². The normalized spacial score (nSPS) is 28.8. The largest absolute Gasteiger partial charge is 0.467 e. The fraction of sp³-hybridized carbons (Fsp3) is 0.875. The lowest BCUT2D eigenvalue weighted by Gasteiger charge is -2.24. The Morgan fingerprint density at radius 1 is 1.75 bits per heavy atom. The first-order valence-electron chi connectivity index (χ1n) is 4.22. The van der Waals surface area contributed by atoms with Crippen molar-refractivity contribution in [2.45, 2.75) is 24.6 Å². The molecule has 1 aliphatic rings.